The topological polar surface area (TPSA) is 140 Å². The lowest BCUT2D eigenvalue weighted by Crippen LogP contribution is -2.52. The first-order valence-corrected chi connectivity index (χ1v) is 10.8. The summed E-state index contributed by atoms with van der Waals surface area (Å²) < 4.78 is 4.97. The fourth-order valence-electron chi connectivity index (χ4n) is 4.68. The quantitative estimate of drug-likeness (QED) is 0.495. The first kappa shape index (κ1) is 22.5. The van der Waals surface area contributed by atoms with Gasteiger partial charge in [-0.2, -0.15) is 0 Å². The van der Waals surface area contributed by atoms with E-state index in [2.05, 4.69) is 16.0 Å². The number of hydrogen-bond acceptors (Lipinski definition) is 6. The molecule has 3 amide bonds. The molecule has 2 aliphatic rings. The second-order valence-corrected chi connectivity index (χ2v) is 8.40. The number of nitrogens with one attached hydrogen (secondary N) is 3. The number of primary amides is 1. The van der Waals surface area contributed by atoms with E-state index in [0.717, 1.165) is 5.56 Å². The number of carbonyl (C=O) groups excluding carboxylic acids is 4. The van der Waals surface area contributed by atoms with E-state index in [0.29, 0.717) is 22.5 Å². The van der Waals surface area contributed by atoms with E-state index in [9.17, 15) is 19.2 Å². The summed E-state index contributed by atoms with van der Waals surface area (Å²) in [7, 11) is 0. The maximum Gasteiger partial charge on any atom is 0.338 e. The van der Waals surface area contributed by atoms with Crippen molar-refractivity contribution in [2.75, 3.05) is 17.2 Å². The molecule has 33 heavy (non-hydrogen) atoms. The van der Waals surface area contributed by atoms with Crippen LogP contribution >= 0.6 is 0 Å². The van der Waals surface area contributed by atoms with E-state index in [-0.39, 0.29) is 31.3 Å². The number of aryl methyl sites for hydroxylation is 1. The maximum absolute atomic E-state index is 13.4. The van der Waals surface area contributed by atoms with Crippen molar-refractivity contribution in [3.05, 3.63) is 59.2 Å². The second-order valence-electron chi connectivity index (χ2n) is 8.40. The third-order valence-electron chi connectivity index (χ3n) is 6.11. The highest BCUT2D eigenvalue weighted by Crippen LogP contribution is 2.48. The summed E-state index contributed by atoms with van der Waals surface area (Å²) in [5.41, 5.74) is 7.19. The zero-order valence-electron chi connectivity index (χ0n) is 18.4. The molecule has 9 heteroatoms. The van der Waals surface area contributed by atoms with E-state index in [1.807, 2.05) is 25.1 Å². The minimum atomic E-state index is -1.31. The Morgan fingerprint density at radius 1 is 1.18 bits per heavy atom. The molecule has 9 nitrogen and oxygen atoms in total. The van der Waals surface area contributed by atoms with Crippen molar-refractivity contribution in [3.63, 3.8) is 0 Å². The number of rotatable bonds is 6. The number of anilines is 2. The molecule has 1 fully saturated rings. The maximum atomic E-state index is 13.4. The van der Waals surface area contributed by atoms with Gasteiger partial charge in [-0.3, -0.25) is 19.7 Å². The van der Waals surface area contributed by atoms with Crippen molar-refractivity contribution in [2.24, 2.45) is 11.7 Å². The Hall–Kier alpha value is -3.72. The van der Waals surface area contributed by atoms with Crippen LogP contribution in [-0.2, 0) is 24.7 Å². The minimum absolute atomic E-state index is 0.00813. The van der Waals surface area contributed by atoms with Crippen molar-refractivity contribution in [2.45, 2.75) is 38.3 Å². The van der Waals surface area contributed by atoms with Crippen LogP contribution in [0, 0.1) is 12.8 Å². The molecule has 5 N–H and O–H groups in total. The Morgan fingerprint density at radius 2 is 1.91 bits per heavy atom. The minimum Gasteiger partial charge on any atom is -0.462 e. The Kier molecular flexibility index (Phi) is 5.90. The largest absolute Gasteiger partial charge is 0.462 e. The average molecular weight is 450 g/mol. The van der Waals surface area contributed by atoms with E-state index in [1.54, 1.807) is 31.2 Å². The molecule has 0 radical (unpaired) electrons. The first-order valence-electron chi connectivity index (χ1n) is 10.8. The fourth-order valence-corrected chi connectivity index (χ4v) is 4.68. The number of esters is 1. The average Bonchev–Trinajstić information content (AvgIpc) is 3.27. The van der Waals surface area contributed by atoms with Crippen LogP contribution in [0.5, 0.6) is 0 Å². The van der Waals surface area contributed by atoms with Gasteiger partial charge in [0, 0.05) is 29.4 Å². The predicted octanol–water partition coefficient (Wildman–Crippen LogP) is 1.81. The van der Waals surface area contributed by atoms with Gasteiger partial charge in [-0.15, -0.1) is 0 Å². The number of benzene rings is 2. The molecule has 2 aromatic carbocycles. The number of hydrogen-bond donors (Lipinski definition) is 4. The number of amides is 3. The molecule has 2 aliphatic heterocycles. The molecule has 2 aromatic rings. The van der Waals surface area contributed by atoms with Crippen molar-refractivity contribution in [1.82, 2.24) is 5.32 Å². The zero-order chi connectivity index (χ0) is 23.8. The Labute approximate surface area is 191 Å². The zero-order valence-corrected chi connectivity index (χ0v) is 18.4. The molecule has 2 heterocycles. The van der Waals surface area contributed by atoms with Crippen LogP contribution in [0.15, 0.2) is 42.5 Å². The number of carbonyl (C=O) groups is 4. The van der Waals surface area contributed by atoms with E-state index in [1.165, 1.54) is 0 Å². The molecule has 0 unspecified atom stereocenters. The Balaban J connectivity index is 1.64. The highest BCUT2D eigenvalue weighted by Gasteiger charge is 2.60. The summed E-state index contributed by atoms with van der Waals surface area (Å²) in [6.07, 6.45) is 0.269. The van der Waals surface area contributed by atoms with Crippen LogP contribution in [0.2, 0.25) is 0 Å². The molecule has 1 saturated heterocycles. The highest BCUT2D eigenvalue weighted by molar-refractivity contribution is 6.10. The lowest BCUT2D eigenvalue weighted by molar-refractivity contribution is -0.130. The fraction of sp³-hybridized carbons (Fsp3) is 0.333. The van der Waals surface area contributed by atoms with Gasteiger partial charge in [0.05, 0.1) is 18.1 Å². The van der Waals surface area contributed by atoms with Gasteiger partial charge in [-0.1, -0.05) is 17.7 Å². The van der Waals surface area contributed by atoms with Crippen molar-refractivity contribution in [3.8, 4) is 0 Å². The second kappa shape index (κ2) is 8.67. The van der Waals surface area contributed by atoms with Gasteiger partial charge in [0.25, 0.3) is 0 Å². The van der Waals surface area contributed by atoms with Crippen LogP contribution in [0.4, 0.5) is 11.4 Å². The molecular formula is C24H26N4O5. The van der Waals surface area contributed by atoms with E-state index < -0.39 is 29.4 Å². The van der Waals surface area contributed by atoms with Crippen molar-refractivity contribution >= 4 is 35.1 Å². The molecule has 0 aliphatic carbocycles. The third kappa shape index (κ3) is 4.07. The normalized spacial score (nSPS) is 23.2. The monoisotopic (exact) mass is 450 g/mol. The summed E-state index contributed by atoms with van der Waals surface area (Å²) in [4.78, 5) is 50.1. The molecule has 0 aromatic heterocycles. The van der Waals surface area contributed by atoms with Crippen molar-refractivity contribution in [1.29, 1.82) is 0 Å². The molecular weight excluding hydrogens is 424 g/mol. The predicted molar refractivity (Wildman–Crippen MR) is 121 cm³/mol. The van der Waals surface area contributed by atoms with Crippen LogP contribution in [0.1, 0.15) is 41.3 Å². The van der Waals surface area contributed by atoms with E-state index >= 15 is 0 Å². The Morgan fingerprint density at radius 3 is 2.58 bits per heavy atom. The van der Waals surface area contributed by atoms with Crippen molar-refractivity contribution < 1.29 is 23.9 Å². The summed E-state index contributed by atoms with van der Waals surface area (Å²) >= 11 is 0. The van der Waals surface area contributed by atoms with Gasteiger partial charge < -0.3 is 21.1 Å². The standard InChI is InChI=1S/C24H26N4O5/c1-3-33-22(31)14-5-7-15(8-6-14)26-21(30)18-11-16(12-20(25)29)28-24(18)17-10-13(2)4-9-19(17)27-23(24)32/h4-10,16,18,28H,3,11-12H2,1-2H3,(H2,25,29)(H,26,30)(H,27,32)/t16-,18-,24+/m1/s1. The van der Waals surface area contributed by atoms with Gasteiger partial charge in [-0.05, 0) is 50.6 Å². The van der Waals surface area contributed by atoms with Crippen LogP contribution in [-0.4, -0.2) is 36.3 Å². The van der Waals surface area contributed by atoms with E-state index in [4.69, 9.17) is 10.5 Å². The highest BCUT2D eigenvalue weighted by atomic mass is 16.5. The summed E-state index contributed by atoms with van der Waals surface area (Å²) in [6, 6.07) is 11.5. The SMILES string of the molecule is CCOC(=O)c1ccc(NC(=O)[C@H]2C[C@H](CC(N)=O)N[C@]23C(=O)Nc2ccc(C)cc23)cc1. The number of nitrogens with two attached hydrogens (primary N) is 1. The molecule has 4 rings (SSSR count). The van der Waals surface area contributed by atoms with Crippen LogP contribution in [0.25, 0.3) is 0 Å². The van der Waals surface area contributed by atoms with Crippen LogP contribution < -0.4 is 21.7 Å². The van der Waals surface area contributed by atoms with Gasteiger partial charge in [0.2, 0.25) is 17.7 Å². The lowest BCUT2D eigenvalue weighted by Gasteiger charge is -2.29. The molecule has 1 spiro atoms. The number of ether oxygens (including phenoxy) is 1. The summed E-state index contributed by atoms with van der Waals surface area (Å²) in [5, 5.41) is 8.96. The molecule has 0 bridgehead atoms. The lowest BCUT2D eigenvalue weighted by atomic mass is 9.79. The van der Waals surface area contributed by atoms with Gasteiger partial charge in [0.1, 0.15) is 5.54 Å². The summed E-state index contributed by atoms with van der Waals surface area (Å²) in [5.74, 6) is -2.45. The van der Waals surface area contributed by atoms with Gasteiger partial charge in [0.15, 0.2) is 0 Å². The van der Waals surface area contributed by atoms with Crippen LogP contribution in [0.3, 0.4) is 0 Å². The van der Waals surface area contributed by atoms with Gasteiger partial charge in [-0.25, -0.2) is 4.79 Å². The van der Waals surface area contributed by atoms with Gasteiger partial charge >= 0.3 is 5.97 Å². The Bertz CT molecular complexity index is 1130. The first-order chi connectivity index (χ1) is 15.7. The summed E-state index contributed by atoms with van der Waals surface area (Å²) in [6.45, 7) is 3.90. The smallest absolute Gasteiger partial charge is 0.338 e. The molecule has 0 saturated carbocycles. The third-order valence-corrected chi connectivity index (χ3v) is 6.11. The molecule has 172 valence electrons. The molecule has 3 atom stereocenters. The number of fused-ring (bicyclic) bond motifs is 2.